The van der Waals surface area contributed by atoms with Crippen LogP contribution in [0.4, 0.5) is 4.39 Å². The second-order valence-corrected chi connectivity index (χ2v) is 5.83. The van der Waals surface area contributed by atoms with Crippen molar-refractivity contribution in [2.24, 2.45) is 0 Å². The Bertz CT molecular complexity index is 538. The lowest BCUT2D eigenvalue weighted by Crippen LogP contribution is -2.19. The summed E-state index contributed by atoms with van der Waals surface area (Å²) < 4.78 is 14.7. The summed E-state index contributed by atoms with van der Waals surface area (Å²) in [5.41, 5.74) is 1.96. The van der Waals surface area contributed by atoms with Crippen LogP contribution in [0.25, 0.3) is 0 Å². The quantitative estimate of drug-likeness (QED) is 0.870. The van der Waals surface area contributed by atoms with Crippen LogP contribution in [0.3, 0.4) is 0 Å². The van der Waals surface area contributed by atoms with Crippen molar-refractivity contribution in [3.8, 4) is 0 Å². The third-order valence-electron chi connectivity index (χ3n) is 3.00. The van der Waals surface area contributed by atoms with E-state index in [1.807, 2.05) is 19.2 Å². The smallest absolute Gasteiger partial charge is 0.142 e. The second-order valence-electron chi connectivity index (χ2n) is 4.03. The van der Waals surface area contributed by atoms with Crippen LogP contribution in [0.1, 0.15) is 29.0 Å². The van der Waals surface area contributed by atoms with Gasteiger partial charge in [-0.3, -0.25) is 0 Å². The zero-order valence-electron chi connectivity index (χ0n) is 10.3. The molecule has 1 aromatic heterocycles. The molecular weight excluding hydrogens is 313 g/mol. The molecule has 0 saturated heterocycles. The van der Waals surface area contributed by atoms with Gasteiger partial charge in [0.05, 0.1) is 10.5 Å². The lowest BCUT2D eigenvalue weighted by atomic mass is 10.0. The molecule has 0 saturated carbocycles. The Morgan fingerprint density at radius 1 is 1.39 bits per heavy atom. The number of hydrogen-bond donors (Lipinski definition) is 1. The zero-order chi connectivity index (χ0) is 13.1. The SMILES string of the molecule is CCc1ccsc1C(NC)c1cccc(Br)c1F. The number of aryl methyl sites for hydroxylation is 1. The Morgan fingerprint density at radius 3 is 2.83 bits per heavy atom. The molecule has 0 aliphatic rings. The number of benzene rings is 1. The first-order valence-electron chi connectivity index (χ1n) is 5.86. The van der Waals surface area contributed by atoms with E-state index in [9.17, 15) is 4.39 Å². The topological polar surface area (TPSA) is 12.0 Å². The molecule has 18 heavy (non-hydrogen) atoms. The van der Waals surface area contributed by atoms with Crippen molar-refractivity contribution < 1.29 is 4.39 Å². The lowest BCUT2D eigenvalue weighted by molar-refractivity contribution is 0.573. The van der Waals surface area contributed by atoms with E-state index in [4.69, 9.17) is 0 Å². The fourth-order valence-corrected chi connectivity index (χ4v) is 3.57. The number of halogens is 2. The lowest BCUT2D eigenvalue weighted by Gasteiger charge is -2.18. The molecule has 1 N–H and O–H groups in total. The highest BCUT2D eigenvalue weighted by Crippen LogP contribution is 2.33. The predicted molar refractivity (Wildman–Crippen MR) is 78.7 cm³/mol. The monoisotopic (exact) mass is 327 g/mol. The Kier molecular flexibility index (Phi) is 4.54. The fraction of sp³-hybridized carbons (Fsp3) is 0.286. The van der Waals surface area contributed by atoms with Crippen molar-refractivity contribution in [2.75, 3.05) is 7.05 Å². The molecule has 0 aliphatic carbocycles. The van der Waals surface area contributed by atoms with Gasteiger partial charge >= 0.3 is 0 Å². The van der Waals surface area contributed by atoms with Gasteiger partial charge in [-0.15, -0.1) is 11.3 Å². The maximum Gasteiger partial charge on any atom is 0.142 e. The molecule has 0 spiro atoms. The fourth-order valence-electron chi connectivity index (χ4n) is 2.06. The summed E-state index contributed by atoms with van der Waals surface area (Å²) in [4.78, 5) is 1.19. The first-order chi connectivity index (χ1) is 8.69. The molecule has 1 aromatic carbocycles. The van der Waals surface area contributed by atoms with Gasteiger partial charge in [0.1, 0.15) is 5.82 Å². The molecule has 0 aliphatic heterocycles. The largest absolute Gasteiger partial charge is 0.309 e. The predicted octanol–water partition coefficient (Wildman–Crippen LogP) is 4.52. The highest BCUT2D eigenvalue weighted by atomic mass is 79.9. The van der Waals surface area contributed by atoms with Crippen LogP contribution >= 0.6 is 27.3 Å². The van der Waals surface area contributed by atoms with Crippen molar-refractivity contribution in [1.82, 2.24) is 5.32 Å². The van der Waals surface area contributed by atoms with Crippen molar-refractivity contribution >= 4 is 27.3 Å². The summed E-state index contributed by atoms with van der Waals surface area (Å²) in [7, 11) is 1.87. The van der Waals surface area contributed by atoms with E-state index in [2.05, 4.69) is 39.6 Å². The number of rotatable bonds is 4. The number of thiophene rings is 1. The third-order valence-corrected chi connectivity index (χ3v) is 4.64. The molecule has 0 bridgehead atoms. The van der Waals surface area contributed by atoms with Crippen molar-refractivity contribution in [3.63, 3.8) is 0 Å². The Hall–Kier alpha value is -0.710. The standard InChI is InChI=1S/C14H15BrFNS/c1-3-9-7-8-18-14(9)13(17-2)10-5-4-6-11(15)12(10)16/h4-8,13,17H,3H2,1-2H3. The number of hydrogen-bond acceptors (Lipinski definition) is 2. The van der Waals surface area contributed by atoms with Gasteiger partial charge in [-0.25, -0.2) is 4.39 Å². The highest BCUT2D eigenvalue weighted by Gasteiger charge is 2.20. The van der Waals surface area contributed by atoms with Gasteiger partial charge < -0.3 is 5.32 Å². The maximum absolute atomic E-state index is 14.2. The van der Waals surface area contributed by atoms with Crippen LogP contribution in [0.2, 0.25) is 0 Å². The van der Waals surface area contributed by atoms with Gasteiger partial charge in [-0.05, 0) is 52.5 Å². The van der Waals surface area contributed by atoms with Crippen LogP contribution in [0, 0.1) is 5.82 Å². The Balaban J connectivity index is 2.49. The Morgan fingerprint density at radius 2 is 2.17 bits per heavy atom. The molecule has 0 radical (unpaired) electrons. The maximum atomic E-state index is 14.2. The summed E-state index contributed by atoms with van der Waals surface area (Å²) in [5.74, 6) is -0.188. The minimum atomic E-state index is -0.188. The molecule has 1 unspecified atom stereocenters. The van der Waals surface area contributed by atoms with Gasteiger partial charge in [0.15, 0.2) is 0 Å². The van der Waals surface area contributed by atoms with Gasteiger partial charge in [0, 0.05) is 10.4 Å². The Labute approximate surface area is 119 Å². The molecule has 96 valence electrons. The summed E-state index contributed by atoms with van der Waals surface area (Å²) in [5, 5.41) is 5.28. The van der Waals surface area contributed by atoms with E-state index in [1.54, 1.807) is 17.4 Å². The van der Waals surface area contributed by atoms with Gasteiger partial charge in [-0.2, -0.15) is 0 Å². The minimum absolute atomic E-state index is 0.0857. The van der Waals surface area contributed by atoms with Crippen LogP contribution in [-0.4, -0.2) is 7.05 Å². The number of nitrogens with one attached hydrogen (secondary N) is 1. The van der Waals surface area contributed by atoms with Crippen LogP contribution < -0.4 is 5.32 Å². The van der Waals surface area contributed by atoms with E-state index in [1.165, 1.54) is 10.4 Å². The molecule has 1 nitrogen and oxygen atoms in total. The summed E-state index contributed by atoms with van der Waals surface area (Å²) >= 11 is 4.91. The van der Waals surface area contributed by atoms with Gasteiger partial charge in [-0.1, -0.05) is 19.1 Å². The summed E-state index contributed by atoms with van der Waals surface area (Å²) in [6.45, 7) is 2.12. The van der Waals surface area contributed by atoms with Crippen molar-refractivity contribution in [1.29, 1.82) is 0 Å². The van der Waals surface area contributed by atoms with Gasteiger partial charge in [0.25, 0.3) is 0 Å². The first-order valence-corrected chi connectivity index (χ1v) is 7.53. The zero-order valence-corrected chi connectivity index (χ0v) is 12.7. The molecule has 2 aromatic rings. The minimum Gasteiger partial charge on any atom is -0.309 e. The van der Waals surface area contributed by atoms with Crippen LogP contribution in [0.15, 0.2) is 34.1 Å². The molecule has 1 heterocycles. The van der Waals surface area contributed by atoms with E-state index < -0.39 is 0 Å². The molecule has 1 atom stereocenters. The second kappa shape index (κ2) is 5.95. The normalized spacial score (nSPS) is 12.7. The molecule has 4 heteroatoms. The molecule has 0 amide bonds. The third kappa shape index (κ3) is 2.51. The molecule has 2 rings (SSSR count). The van der Waals surface area contributed by atoms with Crippen LogP contribution in [0.5, 0.6) is 0 Å². The average Bonchev–Trinajstić information content (AvgIpc) is 2.83. The van der Waals surface area contributed by atoms with E-state index >= 15 is 0 Å². The van der Waals surface area contributed by atoms with Crippen molar-refractivity contribution in [2.45, 2.75) is 19.4 Å². The van der Waals surface area contributed by atoms with E-state index in [-0.39, 0.29) is 11.9 Å². The first kappa shape index (κ1) is 13.7. The average molecular weight is 328 g/mol. The van der Waals surface area contributed by atoms with Crippen LogP contribution in [-0.2, 0) is 6.42 Å². The highest BCUT2D eigenvalue weighted by molar-refractivity contribution is 9.10. The van der Waals surface area contributed by atoms with E-state index in [0.717, 1.165) is 6.42 Å². The summed E-state index contributed by atoms with van der Waals surface area (Å²) in [6, 6.07) is 7.45. The molecular formula is C14H15BrFNS. The van der Waals surface area contributed by atoms with Crippen molar-refractivity contribution in [3.05, 3.63) is 55.9 Å². The van der Waals surface area contributed by atoms with E-state index in [0.29, 0.717) is 10.0 Å². The molecule has 0 fully saturated rings. The van der Waals surface area contributed by atoms with Gasteiger partial charge in [0.2, 0.25) is 0 Å². The summed E-state index contributed by atoms with van der Waals surface area (Å²) in [6.07, 6.45) is 0.965.